The molecule has 6 nitrogen and oxygen atoms in total. The molecule has 3 heterocycles. The third kappa shape index (κ3) is 3.69. The van der Waals surface area contributed by atoms with Crippen LogP contribution < -0.4 is 10.3 Å². The Morgan fingerprint density at radius 3 is 2.75 bits per heavy atom. The number of benzene rings is 2. The lowest BCUT2D eigenvalue weighted by Gasteiger charge is -2.26. The SMILES string of the molecule is COc1ccccc1C1CCCN1C(=O)c1cnc2sc(Cc3ccccc3)cn2c1=O. The molecule has 0 radical (unpaired) electrons. The van der Waals surface area contributed by atoms with Crippen LogP contribution in [0.3, 0.4) is 0 Å². The van der Waals surface area contributed by atoms with Gasteiger partial charge in [-0.25, -0.2) is 4.98 Å². The van der Waals surface area contributed by atoms with Gasteiger partial charge in [-0.15, -0.1) is 11.3 Å². The molecule has 1 fully saturated rings. The number of amides is 1. The van der Waals surface area contributed by atoms with Crippen LogP contribution in [-0.2, 0) is 6.42 Å². The summed E-state index contributed by atoms with van der Waals surface area (Å²) in [5.74, 6) is 0.479. The molecule has 1 atom stereocenters. The number of hydrogen-bond donors (Lipinski definition) is 0. The monoisotopic (exact) mass is 445 g/mol. The van der Waals surface area contributed by atoms with Gasteiger partial charge in [0.1, 0.15) is 11.3 Å². The third-order valence-electron chi connectivity index (χ3n) is 5.92. The molecule has 1 amide bonds. The summed E-state index contributed by atoms with van der Waals surface area (Å²) >= 11 is 1.47. The van der Waals surface area contributed by atoms with Crippen molar-refractivity contribution in [2.24, 2.45) is 0 Å². The molecule has 1 aliphatic heterocycles. The first kappa shape index (κ1) is 20.5. The molecule has 4 aromatic rings. The van der Waals surface area contributed by atoms with Gasteiger partial charge in [-0.05, 0) is 24.5 Å². The van der Waals surface area contributed by atoms with E-state index in [1.54, 1.807) is 18.2 Å². The van der Waals surface area contributed by atoms with Crippen molar-refractivity contribution in [3.8, 4) is 5.75 Å². The Morgan fingerprint density at radius 1 is 1.16 bits per heavy atom. The van der Waals surface area contributed by atoms with Crippen molar-refractivity contribution in [2.45, 2.75) is 25.3 Å². The fraction of sp³-hybridized carbons (Fsp3) is 0.240. The number of methoxy groups -OCH3 is 1. The standard InChI is InChI=1S/C25H23N3O3S/c1-31-22-12-6-5-10-19(22)21-11-7-13-27(21)23(29)20-15-26-25-28(24(20)30)16-18(32-25)14-17-8-3-2-4-9-17/h2-6,8-10,12,15-16,21H,7,11,13-14H2,1H3. The van der Waals surface area contributed by atoms with Crippen LogP contribution in [0.1, 0.15) is 45.2 Å². The van der Waals surface area contributed by atoms with Crippen LogP contribution in [-0.4, -0.2) is 33.8 Å². The number of ether oxygens (including phenoxy) is 1. The number of rotatable bonds is 5. The number of carbonyl (C=O) groups excluding carboxylic acids is 1. The normalized spacial score (nSPS) is 15.9. The Labute approximate surface area is 189 Å². The van der Waals surface area contributed by atoms with Gasteiger partial charge in [0, 0.05) is 35.8 Å². The van der Waals surface area contributed by atoms with Gasteiger partial charge in [-0.3, -0.25) is 14.0 Å². The highest BCUT2D eigenvalue weighted by Gasteiger charge is 2.33. The molecule has 1 unspecified atom stereocenters. The van der Waals surface area contributed by atoms with E-state index in [0.717, 1.165) is 35.5 Å². The first-order chi connectivity index (χ1) is 15.7. The van der Waals surface area contributed by atoms with Crippen LogP contribution in [0, 0.1) is 0 Å². The highest BCUT2D eigenvalue weighted by molar-refractivity contribution is 7.17. The number of aromatic nitrogens is 2. The number of hydrogen-bond acceptors (Lipinski definition) is 5. The van der Waals surface area contributed by atoms with Gasteiger partial charge in [-0.1, -0.05) is 48.5 Å². The molecule has 5 rings (SSSR count). The summed E-state index contributed by atoms with van der Waals surface area (Å²) in [6.45, 7) is 0.604. The van der Waals surface area contributed by atoms with Crippen molar-refractivity contribution in [3.63, 3.8) is 0 Å². The van der Waals surface area contributed by atoms with Gasteiger partial charge >= 0.3 is 0 Å². The number of carbonyl (C=O) groups is 1. The van der Waals surface area contributed by atoms with Crippen LogP contribution in [0.4, 0.5) is 0 Å². The summed E-state index contributed by atoms with van der Waals surface area (Å²) in [4.78, 5) is 34.5. The van der Waals surface area contributed by atoms with Crippen LogP contribution in [0.15, 0.2) is 71.8 Å². The van der Waals surface area contributed by atoms with Crippen molar-refractivity contribution in [1.82, 2.24) is 14.3 Å². The maximum Gasteiger partial charge on any atom is 0.271 e. The molecular formula is C25H23N3O3S. The van der Waals surface area contributed by atoms with E-state index in [0.29, 0.717) is 11.5 Å². The summed E-state index contributed by atoms with van der Waals surface area (Å²) in [5, 5.41) is 0. The van der Waals surface area contributed by atoms with E-state index in [1.165, 1.54) is 27.5 Å². The zero-order chi connectivity index (χ0) is 22.1. The quantitative estimate of drug-likeness (QED) is 0.459. The van der Waals surface area contributed by atoms with E-state index < -0.39 is 0 Å². The maximum absolute atomic E-state index is 13.4. The van der Waals surface area contributed by atoms with Crippen molar-refractivity contribution in [1.29, 1.82) is 0 Å². The number of para-hydroxylation sites is 1. The fourth-order valence-corrected chi connectivity index (χ4v) is 5.36. The van der Waals surface area contributed by atoms with Gasteiger partial charge in [0.25, 0.3) is 11.5 Å². The Hall–Kier alpha value is -3.45. The molecule has 0 N–H and O–H groups in total. The average molecular weight is 446 g/mol. The second kappa shape index (κ2) is 8.59. The Balaban J connectivity index is 1.46. The molecule has 0 saturated carbocycles. The van der Waals surface area contributed by atoms with Gasteiger partial charge in [0.05, 0.1) is 13.2 Å². The fourth-order valence-electron chi connectivity index (χ4n) is 4.39. The number of fused-ring (bicyclic) bond motifs is 1. The second-order valence-electron chi connectivity index (χ2n) is 7.89. The summed E-state index contributed by atoms with van der Waals surface area (Å²) in [7, 11) is 1.63. The lowest BCUT2D eigenvalue weighted by atomic mass is 10.0. The van der Waals surface area contributed by atoms with Gasteiger partial charge < -0.3 is 9.64 Å². The average Bonchev–Trinajstić information content (AvgIpc) is 3.47. The largest absolute Gasteiger partial charge is 0.496 e. The minimum absolute atomic E-state index is 0.105. The van der Waals surface area contributed by atoms with Gasteiger partial charge in [-0.2, -0.15) is 0 Å². The van der Waals surface area contributed by atoms with E-state index in [-0.39, 0.29) is 23.1 Å². The summed E-state index contributed by atoms with van der Waals surface area (Å²) in [6.07, 6.45) is 5.68. The molecule has 7 heteroatoms. The zero-order valence-corrected chi connectivity index (χ0v) is 18.5. The molecule has 2 aromatic carbocycles. The topological polar surface area (TPSA) is 63.9 Å². The Morgan fingerprint density at radius 2 is 1.94 bits per heavy atom. The van der Waals surface area contributed by atoms with E-state index in [1.807, 2.05) is 42.5 Å². The van der Waals surface area contributed by atoms with Gasteiger partial charge in [0.2, 0.25) is 0 Å². The van der Waals surface area contributed by atoms with Crippen molar-refractivity contribution >= 4 is 22.2 Å². The number of likely N-dealkylation sites (tertiary alicyclic amines) is 1. The van der Waals surface area contributed by atoms with Gasteiger partial charge in [0.15, 0.2) is 4.96 Å². The molecule has 0 bridgehead atoms. The molecular weight excluding hydrogens is 422 g/mol. The highest BCUT2D eigenvalue weighted by Crippen LogP contribution is 2.37. The lowest BCUT2D eigenvalue weighted by molar-refractivity contribution is 0.0731. The molecule has 32 heavy (non-hydrogen) atoms. The van der Waals surface area contributed by atoms with E-state index in [2.05, 4.69) is 17.1 Å². The maximum atomic E-state index is 13.4. The molecule has 1 saturated heterocycles. The van der Waals surface area contributed by atoms with Crippen molar-refractivity contribution in [3.05, 3.63) is 98.9 Å². The predicted octanol–water partition coefficient (Wildman–Crippen LogP) is 4.33. The minimum atomic E-state index is -0.318. The molecule has 0 aliphatic carbocycles. The summed E-state index contributed by atoms with van der Waals surface area (Å²) in [6, 6.07) is 17.7. The molecule has 2 aromatic heterocycles. The smallest absolute Gasteiger partial charge is 0.271 e. The second-order valence-corrected chi connectivity index (χ2v) is 8.98. The first-order valence-corrected chi connectivity index (χ1v) is 11.5. The number of nitrogens with zero attached hydrogens (tertiary/aromatic N) is 3. The molecule has 162 valence electrons. The van der Waals surface area contributed by atoms with Crippen LogP contribution in [0.5, 0.6) is 5.75 Å². The third-order valence-corrected chi connectivity index (χ3v) is 6.91. The summed E-state index contributed by atoms with van der Waals surface area (Å²) in [5.41, 5.74) is 1.92. The number of thiazole rings is 1. The van der Waals surface area contributed by atoms with Crippen molar-refractivity contribution in [2.75, 3.05) is 13.7 Å². The van der Waals surface area contributed by atoms with E-state index >= 15 is 0 Å². The first-order valence-electron chi connectivity index (χ1n) is 10.6. The highest BCUT2D eigenvalue weighted by atomic mass is 32.1. The van der Waals surface area contributed by atoms with Crippen LogP contribution in [0.25, 0.3) is 4.96 Å². The predicted molar refractivity (Wildman–Crippen MR) is 125 cm³/mol. The molecule has 0 spiro atoms. The van der Waals surface area contributed by atoms with Crippen LogP contribution >= 0.6 is 11.3 Å². The Kier molecular flexibility index (Phi) is 5.49. The lowest BCUT2D eigenvalue weighted by Crippen LogP contribution is -2.35. The van der Waals surface area contributed by atoms with Crippen LogP contribution in [0.2, 0.25) is 0 Å². The van der Waals surface area contributed by atoms with E-state index in [4.69, 9.17) is 4.74 Å². The van der Waals surface area contributed by atoms with Crippen molar-refractivity contribution < 1.29 is 9.53 Å². The zero-order valence-electron chi connectivity index (χ0n) is 17.7. The molecule has 1 aliphatic rings. The van der Waals surface area contributed by atoms with E-state index in [9.17, 15) is 9.59 Å². The minimum Gasteiger partial charge on any atom is -0.496 e. The Bertz CT molecular complexity index is 1330. The summed E-state index contributed by atoms with van der Waals surface area (Å²) < 4.78 is 7.01.